The standard InChI is InChI=1S/C16H20N2O3S/c1-8(12-6-10-3-4-11(12)5-10)14(15(20)21)13-7-22-16(18-13)17-9(2)19/h7,10-12H,3-6H2,1-2H3,(H,20,21)(H,17,18,19). The highest BCUT2D eigenvalue weighted by Gasteiger charge is 2.41. The third-order valence-electron chi connectivity index (χ3n) is 4.95. The van der Waals surface area contributed by atoms with E-state index in [4.69, 9.17) is 0 Å². The Morgan fingerprint density at radius 1 is 1.32 bits per heavy atom. The Morgan fingerprint density at radius 2 is 2.09 bits per heavy atom. The number of nitrogens with zero attached hydrogens (tertiary/aromatic N) is 1. The van der Waals surface area contributed by atoms with Crippen LogP contribution in [0.2, 0.25) is 0 Å². The third-order valence-corrected chi connectivity index (χ3v) is 5.70. The molecule has 1 aromatic heterocycles. The van der Waals surface area contributed by atoms with Crippen LogP contribution in [0.25, 0.3) is 5.57 Å². The first kappa shape index (κ1) is 15.2. The number of fused-ring (bicyclic) bond motifs is 2. The summed E-state index contributed by atoms with van der Waals surface area (Å²) >= 11 is 1.26. The van der Waals surface area contributed by atoms with Crippen molar-refractivity contribution in [3.63, 3.8) is 0 Å². The van der Waals surface area contributed by atoms with Gasteiger partial charge in [-0.15, -0.1) is 11.3 Å². The van der Waals surface area contributed by atoms with Gasteiger partial charge in [0.05, 0.1) is 11.3 Å². The van der Waals surface area contributed by atoms with Crippen LogP contribution in [0.15, 0.2) is 11.0 Å². The number of hydrogen-bond donors (Lipinski definition) is 2. The van der Waals surface area contributed by atoms with E-state index in [0.717, 1.165) is 17.9 Å². The smallest absolute Gasteiger partial charge is 0.337 e. The molecule has 2 bridgehead atoms. The van der Waals surface area contributed by atoms with Gasteiger partial charge in [-0.25, -0.2) is 9.78 Å². The average molecular weight is 320 g/mol. The molecule has 3 atom stereocenters. The number of thiazole rings is 1. The van der Waals surface area contributed by atoms with Gasteiger partial charge in [0.2, 0.25) is 5.91 Å². The molecule has 2 aliphatic carbocycles. The highest BCUT2D eigenvalue weighted by Crippen LogP contribution is 2.52. The number of carbonyl (C=O) groups is 2. The summed E-state index contributed by atoms with van der Waals surface area (Å²) < 4.78 is 0. The van der Waals surface area contributed by atoms with Gasteiger partial charge in [-0.05, 0) is 43.9 Å². The Balaban J connectivity index is 1.92. The number of carbonyl (C=O) groups excluding carboxylic acids is 1. The van der Waals surface area contributed by atoms with Crippen LogP contribution in [-0.2, 0) is 9.59 Å². The van der Waals surface area contributed by atoms with E-state index in [1.54, 1.807) is 5.38 Å². The Kier molecular flexibility index (Phi) is 4.04. The lowest BCUT2D eigenvalue weighted by Gasteiger charge is -2.23. The van der Waals surface area contributed by atoms with Gasteiger partial charge in [0.15, 0.2) is 5.13 Å². The molecule has 3 rings (SSSR count). The summed E-state index contributed by atoms with van der Waals surface area (Å²) in [6.07, 6.45) is 4.85. The van der Waals surface area contributed by atoms with E-state index in [-0.39, 0.29) is 5.91 Å². The summed E-state index contributed by atoms with van der Waals surface area (Å²) in [5, 5.41) is 14.4. The first-order chi connectivity index (χ1) is 10.5. The van der Waals surface area contributed by atoms with Gasteiger partial charge in [-0.3, -0.25) is 4.79 Å². The second kappa shape index (κ2) is 5.83. The number of anilines is 1. The van der Waals surface area contributed by atoms with Crippen molar-refractivity contribution in [3.05, 3.63) is 16.6 Å². The van der Waals surface area contributed by atoms with Crippen LogP contribution in [0.3, 0.4) is 0 Å². The summed E-state index contributed by atoms with van der Waals surface area (Å²) in [7, 11) is 0. The fraction of sp³-hybridized carbons (Fsp3) is 0.562. The van der Waals surface area contributed by atoms with E-state index in [9.17, 15) is 14.7 Å². The Bertz CT molecular complexity index is 650. The number of nitrogens with one attached hydrogen (secondary N) is 1. The number of aliphatic carboxylic acids is 1. The van der Waals surface area contributed by atoms with Gasteiger partial charge in [-0.1, -0.05) is 12.0 Å². The number of hydrogen-bond acceptors (Lipinski definition) is 4. The highest BCUT2D eigenvalue weighted by molar-refractivity contribution is 7.14. The molecule has 2 saturated carbocycles. The van der Waals surface area contributed by atoms with Gasteiger partial charge < -0.3 is 10.4 Å². The molecule has 2 fully saturated rings. The minimum Gasteiger partial charge on any atom is -0.478 e. The van der Waals surface area contributed by atoms with Crippen LogP contribution < -0.4 is 5.32 Å². The predicted molar refractivity (Wildman–Crippen MR) is 85.6 cm³/mol. The molecule has 1 amide bonds. The molecule has 1 heterocycles. The molecule has 0 aliphatic heterocycles. The maximum absolute atomic E-state index is 11.8. The summed E-state index contributed by atoms with van der Waals surface area (Å²) in [5.74, 6) is 0.639. The molecule has 2 aliphatic rings. The van der Waals surface area contributed by atoms with Crippen LogP contribution >= 0.6 is 11.3 Å². The molecular weight excluding hydrogens is 300 g/mol. The Labute approximate surface area is 133 Å². The lowest BCUT2D eigenvalue weighted by Crippen LogP contribution is -2.15. The second-order valence-corrected chi connectivity index (χ2v) is 7.22. The molecule has 0 radical (unpaired) electrons. The fourth-order valence-electron chi connectivity index (χ4n) is 4.04. The summed E-state index contributed by atoms with van der Waals surface area (Å²) in [6.45, 7) is 3.35. The quantitative estimate of drug-likeness (QED) is 0.833. The fourth-order valence-corrected chi connectivity index (χ4v) is 4.78. The molecular formula is C16H20N2O3S. The SMILES string of the molecule is CC(=O)Nc1nc(C(C(=O)O)=C(C)C2CC3CCC2C3)cs1. The first-order valence-electron chi connectivity index (χ1n) is 7.63. The minimum absolute atomic E-state index is 0.202. The highest BCUT2D eigenvalue weighted by atomic mass is 32.1. The molecule has 0 aromatic carbocycles. The van der Waals surface area contributed by atoms with Gasteiger partial charge in [0.25, 0.3) is 0 Å². The van der Waals surface area contributed by atoms with Gasteiger partial charge in [0.1, 0.15) is 0 Å². The Hall–Kier alpha value is -1.69. The van der Waals surface area contributed by atoms with E-state index in [1.165, 1.54) is 37.5 Å². The molecule has 1 aromatic rings. The molecule has 118 valence electrons. The second-order valence-electron chi connectivity index (χ2n) is 6.36. The third kappa shape index (κ3) is 2.79. The summed E-state index contributed by atoms with van der Waals surface area (Å²) in [4.78, 5) is 27.1. The van der Waals surface area contributed by atoms with Gasteiger partial charge >= 0.3 is 5.97 Å². The molecule has 5 nitrogen and oxygen atoms in total. The number of carboxylic acid groups (broad SMARTS) is 1. The van der Waals surface area contributed by atoms with E-state index < -0.39 is 5.97 Å². The first-order valence-corrected chi connectivity index (χ1v) is 8.51. The van der Waals surface area contributed by atoms with Crippen LogP contribution in [0.1, 0.15) is 45.2 Å². The van der Waals surface area contributed by atoms with Crippen molar-refractivity contribution in [1.82, 2.24) is 4.98 Å². The lowest BCUT2D eigenvalue weighted by atomic mass is 9.81. The maximum Gasteiger partial charge on any atom is 0.337 e. The molecule has 3 unspecified atom stereocenters. The van der Waals surface area contributed by atoms with Crippen LogP contribution in [0, 0.1) is 17.8 Å². The number of aromatic nitrogens is 1. The zero-order valence-electron chi connectivity index (χ0n) is 12.8. The van der Waals surface area contributed by atoms with Crippen molar-refractivity contribution in [2.75, 3.05) is 5.32 Å². The molecule has 22 heavy (non-hydrogen) atoms. The summed E-state index contributed by atoms with van der Waals surface area (Å²) in [6, 6.07) is 0. The predicted octanol–water partition coefficient (Wildman–Crippen LogP) is 3.40. The van der Waals surface area contributed by atoms with Crippen molar-refractivity contribution in [3.8, 4) is 0 Å². The largest absolute Gasteiger partial charge is 0.478 e. The van der Waals surface area contributed by atoms with E-state index in [2.05, 4.69) is 10.3 Å². The maximum atomic E-state index is 11.8. The van der Waals surface area contributed by atoms with Crippen LogP contribution in [0.4, 0.5) is 5.13 Å². The van der Waals surface area contributed by atoms with Gasteiger partial charge in [0, 0.05) is 12.3 Å². The summed E-state index contributed by atoms with van der Waals surface area (Å²) in [5.41, 5.74) is 1.71. The Morgan fingerprint density at radius 3 is 2.64 bits per heavy atom. The lowest BCUT2D eigenvalue weighted by molar-refractivity contribution is -0.130. The van der Waals surface area contributed by atoms with Crippen molar-refractivity contribution >= 4 is 33.9 Å². The van der Waals surface area contributed by atoms with E-state index >= 15 is 0 Å². The average Bonchev–Trinajstić information content (AvgIpc) is 3.14. The zero-order valence-corrected chi connectivity index (χ0v) is 13.6. The number of amides is 1. The molecule has 6 heteroatoms. The molecule has 2 N–H and O–H groups in total. The minimum atomic E-state index is -0.931. The number of allylic oxidation sites excluding steroid dienone is 1. The van der Waals surface area contributed by atoms with Crippen molar-refractivity contribution in [1.29, 1.82) is 0 Å². The monoisotopic (exact) mass is 320 g/mol. The topological polar surface area (TPSA) is 79.3 Å². The molecule has 0 saturated heterocycles. The van der Waals surface area contributed by atoms with E-state index in [0.29, 0.717) is 28.2 Å². The number of carboxylic acids is 1. The van der Waals surface area contributed by atoms with Gasteiger partial charge in [-0.2, -0.15) is 0 Å². The van der Waals surface area contributed by atoms with Crippen LogP contribution in [0.5, 0.6) is 0 Å². The van der Waals surface area contributed by atoms with Crippen molar-refractivity contribution in [2.24, 2.45) is 17.8 Å². The van der Waals surface area contributed by atoms with Crippen molar-refractivity contribution in [2.45, 2.75) is 39.5 Å². The number of rotatable bonds is 4. The van der Waals surface area contributed by atoms with Crippen LogP contribution in [-0.4, -0.2) is 22.0 Å². The zero-order chi connectivity index (χ0) is 15.9. The molecule has 0 spiro atoms. The normalized spacial score (nSPS) is 27.6. The van der Waals surface area contributed by atoms with E-state index in [1.807, 2.05) is 6.92 Å². The van der Waals surface area contributed by atoms with Crippen molar-refractivity contribution < 1.29 is 14.7 Å².